The molecule has 0 aliphatic rings. The predicted molar refractivity (Wildman–Crippen MR) is 109 cm³/mol. The molecule has 6 nitrogen and oxygen atoms in total. The van der Waals surface area contributed by atoms with Gasteiger partial charge in [-0.25, -0.2) is 9.97 Å². The third-order valence-corrected chi connectivity index (χ3v) is 4.30. The van der Waals surface area contributed by atoms with Crippen molar-refractivity contribution in [3.8, 4) is 5.88 Å². The van der Waals surface area contributed by atoms with E-state index in [2.05, 4.69) is 32.5 Å². The zero-order valence-electron chi connectivity index (χ0n) is 14.2. The van der Waals surface area contributed by atoms with Gasteiger partial charge in [0.25, 0.3) is 0 Å². The minimum Gasteiger partial charge on any atom is -0.478 e. The number of thiazole rings is 1. The van der Waals surface area contributed by atoms with Crippen LogP contribution in [-0.4, -0.2) is 29.6 Å². The number of rotatable bonds is 7. The number of pyridine rings is 1. The van der Waals surface area contributed by atoms with Gasteiger partial charge in [0.1, 0.15) is 5.01 Å². The number of hydrogen-bond acceptors (Lipinski definition) is 5. The van der Waals surface area contributed by atoms with Gasteiger partial charge in [-0.15, -0.1) is 35.3 Å². The number of guanidine groups is 1. The van der Waals surface area contributed by atoms with Crippen LogP contribution in [0.2, 0.25) is 0 Å². The minimum atomic E-state index is 0. The van der Waals surface area contributed by atoms with E-state index in [0.29, 0.717) is 25.6 Å². The van der Waals surface area contributed by atoms with Crippen LogP contribution in [0.25, 0.3) is 0 Å². The van der Waals surface area contributed by atoms with Crippen molar-refractivity contribution in [2.75, 3.05) is 13.7 Å². The van der Waals surface area contributed by atoms with Crippen molar-refractivity contribution in [1.29, 1.82) is 0 Å². The van der Waals surface area contributed by atoms with Gasteiger partial charge in [0.05, 0.1) is 13.2 Å². The molecule has 8 heteroatoms. The standard InChI is InChI=1S/C16H23N5OS.HI/c1-4-13-10-19-14(23-13)11-21-16(17-3)20-9-12-7-6-8-18-15(12)22-5-2;/h6-8,10H,4-5,9,11H2,1-3H3,(H2,17,20,21);1H. The van der Waals surface area contributed by atoms with Gasteiger partial charge in [-0.2, -0.15) is 0 Å². The van der Waals surface area contributed by atoms with E-state index in [1.807, 2.05) is 25.3 Å². The highest BCUT2D eigenvalue weighted by Crippen LogP contribution is 2.14. The van der Waals surface area contributed by atoms with Gasteiger partial charge < -0.3 is 15.4 Å². The van der Waals surface area contributed by atoms with Crippen molar-refractivity contribution in [1.82, 2.24) is 20.6 Å². The van der Waals surface area contributed by atoms with Gasteiger partial charge in [-0.1, -0.05) is 13.0 Å². The van der Waals surface area contributed by atoms with Gasteiger partial charge in [0.2, 0.25) is 5.88 Å². The lowest BCUT2D eigenvalue weighted by Crippen LogP contribution is -2.36. The fourth-order valence-electron chi connectivity index (χ4n) is 1.98. The fraction of sp³-hybridized carbons (Fsp3) is 0.438. The maximum Gasteiger partial charge on any atom is 0.218 e. The number of ether oxygens (including phenoxy) is 1. The predicted octanol–water partition coefficient (Wildman–Crippen LogP) is 2.98. The summed E-state index contributed by atoms with van der Waals surface area (Å²) < 4.78 is 5.53. The monoisotopic (exact) mass is 461 g/mol. The van der Waals surface area contributed by atoms with Gasteiger partial charge in [0, 0.05) is 36.4 Å². The minimum absolute atomic E-state index is 0. The highest BCUT2D eigenvalue weighted by atomic mass is 127. The molecule has 24 heavy (non-hydrogen) atoms. The molecule has 2 heterocycles. The molecule has 0 atom stereocenters. The normalized spacial score (nSPS) is 10.9. The molecule has 2 aromatic rings. The van der Waals surface area contributed by atoms with Crippen molar-refractivity contribution < 1.29 is 4.74 Å². The summed E-state index contributed by atoms with van der Waals surface area (Å²) >= 11 is 1.72. The Morgan fingerprint density at radius 3 is 2.71 bits per heavy atom. The smallest absolute Gasteiger partial charge is 0.218 e. The highest BCUT2D eigenvalue weighted by Gasteiger charge is 2.06. The van der Waals surface area contributed by atoms with Crippen molar-refractivity contribution in [2.45, 2.75) is 33.4 Å². The second-order valence-corrected chi connectivity index (χ2v) is 5.95. The molecule has 0 saturated heterocycles. The first kappa shape index (κ1) is 20.6. The van der Waals surface area contributed by atoms with E-state index < -0.39 is 0 Å². The van der Waals surface area contributed by atoms with Gasteiger partial charge in [0.15, 0.2) is 5.96 Å². The molecule has 0 saturated carbocycles. The molecule has 0 aliphatic carbocycles. The largest absolute Gasteiger partial charge is 0.478 e. The summed E-state index contributed by atoms with van der Waals surface area (Å²) in [5.41, 5.74) is 1.000. The number of nitrogens with zero attached hydrogens (tertiary/aromatic N) is 3. The van der Waals surface area contributed by atoms with Gasteiger partial charge >= 0.3 is 0 Å². The maximum absolute atomic E-state index is 5.53. The molecule has 0 amide bonds. The summed E-state index contributed by atoms with van der Waals surface area (Å²) in [4.78, 5) is 14.2. The third kappa shape index (κ3) is 6.23. The molecule has 0 radical (unpaired) electrons. The summed E-state index contributed by atoms with van der Waals surface area (Å²) in [7, 11) is 1.75. The Balaban J connectivity index is 0.00000288. The summed E-state index contributed by atoms with van der Waals surface area (Å²) in [5.74, 6) is 1.38. The van der Waals surface area contributed by atoms with Gasteiger partial charge in [-0.3, -0.25) is 4.99 Å². The number of hydrogen-bond donors (Lipinski definition) is 2. The molecule has 0 spiro atoms. The first-order valence-corrected chi connectivity index (χ1v) is 8.53. The van der Waals surface area contributed by atoms with Crippen molar-refractivity contribution in [3.05, 3.63) is 40.0 Å². The van der Waals surface area contributed by atoms with Gasteiger partial charge in [-0.05, 0) is 19.4 Å². The Kier molecular flexibility index (Phi) is 9.62. The zero-order valence-corrected chi connectivity index (χ0v) is 17.4. The van der Waals surface area contributed by atoms with E-state index >= 15 is 0 Å². The molecule has 132 valence electrons. The molecule has 2 aromatic heterocycles. The third-order valence-electron chi connectivity index (χ3n) is 3.16. The number of nitrogens with one attached hydrogen (secondary N) is 2. The first-order chi connectivity index (χ1) is 11.3. The van der Waals surface area contributed by atoms with E-state index in [4.69, 9.17) is 4.74 Å². The van der Waals surface area contributed by atoms with Crippen LogP contribution >= 0.6 is 35.3 Å². The molecular weight excluding hydrogens is 437 g/mol. The SMILES string of the molecule is CCOc1ncccc1CNC(=NC)NCc1ncc(CC)s1.I. The summed E-state index contributed by atoms with van der Waals surface area (Å²) in [5, 5.41) is 7.60. The molecule has 2 N–H and O–H groups in total. The average Bonchev–Trinajstić information content (AvgIpc) is 3.04. The highest BCUT2D eigenvalue weighted by molar-refractivity contribution is 14.0. The van der Waals surface area contributed by atoms with E-state index in [9.17, 15) is 0 Å². The van der Waals surface area contributed by atoms with Crippen LogP contribution in [0.3, 0.4) is 0 Å². The summed E-state index contributed by atoms with van der Waals surface area (Å²) in [6, 6.07) is 3.89. The lowest BCUT2D eigenvalue weighted by Gasteiger charge is -2.13. The summed E-state index contributed by atoms with van der Waals surface area (Å²) in [6.07, 6.45) is 4.68. The number of aromatic nitrogens is 2. The molecule has 0 aromatic carbocycles. The first-order valence-electron chi connectivity index (χ1n) is 7.71. The molecule has 0 unspecified atom stereocenters. The Morgan fingerprint density at radius 1 is 1.25 bits per heavy atom. The Labute approximate surface area is 164 Å². The Bertz CT molecular complexity index is 647. The Hall–Kier alpha value is -1.42. The second-order valence-electron chi connectivity index (χ2n) is 4.75. The Morgan fingerprint density at radius 2 is 2.04 bits per heavy atom. The quantitative estimate of drug-likeness (QED) is 0.377. The zero-order chi connectivity index (χ0) is 16.5. The number of aryl methyl sites for hydroxylation is 1. The van der Waals surface area contributed by atoms with Crippen LogP contribution in [-0.2, 0) is 19.5 Å². The summed E-state index contributed by atoms with van der Waals surface area (Å²) in [6.45, 7) is 5.94. The topological polar surface area (TPSA) is 71.4 Å². The molecular formula is C16H24IN5OS. The maximum atomic E-state index is 5.53. The van der Waals surface area contributed by atoms with Crippen molar-refractivity contribution in [2.24, 2.45) is 4.99 Å². The van der Waals surface area contributed by atoms with Crippen LogP contribution in [0.4, 0.5) is 0 Å². The van der Waals surface area contributed by atoms with E-state index in [0.717, 1.165) is 23.0 Å². The van der Waals surface area contributed by atoms with E-state index in [1.165, 1.54) is 4.88 Å². The molecule has 0 bridgehead atoms. The van der Waals surface area contributed by atoms with Crippen molar-refractivity contribution >= 4 is 41.3 Å². The fourth-order valence-corrected chi connectivity index (χ4v) is 2.78. The average molecular weight is 461 g/mol. The van der Waals surface area contributed by atoms with Crippen LogP contribution in [0.5, 0.6) is 5.88 Å². The lowest BCUT2D eigenvalue weighted by atomic mass is 10.2. The molecule has 2 rings (SSSR count). The van der Waals surface area contributed by atoms with Crippen LogP contribution < -0.4 is 15.4 Å². The van der Waals surface area contributed by atoms with E-state index in [1.54, 1.807) is 24.6 Å². The van der Waals surface area contributed by atoms with Crippen LogP contribution in [0, 0.1) is 0 Å². The van der Waals surface area contributed by atoms with Crippen LogP contribution in [0.1, 0.15) is 29.3 Å². The molecule has 0 aliphatic heterocycles. The van der Waals surface area contributed by atoms with Crippen molar-refractivity contribution in [3.63, 3.8) is 0 Å². The second kappa shape index (κ2) is 11.2. The number of aliphatic imine (C=N–C) groups is 1. The van der Waals surface area contributed by atoms with Crippen LogP contribution in [0.15, 0.2) is 29.5 Å². The number of halogens is 1. The van der Waals surface area contributed by atoms with E-state index in [-0.39, 0.29) is 24.0 Å². The molecule has 0 fully saturated rings. The lowest BCUT2D eigenvalue weighted by molar-refractivity contribution is 0.322.